The third kappa shape index (κ3) is 4.32. The molecule has 110 valence electrons. The SMILES string of the molecule is CC(C)c1cc(Br)ccc1NC(=O)CN1CCCCC1. The molecule has 0 bridgehead atoms. The van der Waals surface area contributed by atoms with Crippen molar-refractivity contribution in [1.29, 1.82) is 0 Å². The highest BCUT2D eigenvalue weighted by atomic mass is 79.9. The summed E-state index contributed by atoms with van der Waals surface area (Å²) < 4.78 is 1.05. The Morgan fingerprint density at radius 3 is 2.65 bits per heavy atom. The van der Waals surface area contributed by atoms with E-state index in [4.69, 9.17) is 0 Å². The van der Waals surface area contributed by atoms with E-state index in [0.29, 0.717) is 12.5 Å². The largest absolute Gasteiger partial charge is 0.325 e. The van der Waals surface area contributed by atoms with Crippen LogP contribution in [0.15, 0.2) is 22.7 Å². The van der Waals surface area contributed by atoms with Crippen LogP contribution in [0.4, 0.5) is 5.69 Å². The first-order chi connectivity index (χ1) is 9.56. The summed E-state index contributed by atoms with van der Waals surface area (Å²) in [5.74, 6) is 0.480. The zero-order valence-electron chi connectivity index (χ0n) is 12.3. The van der Waals surface area contributed by atoms with Gasteiger partial charge in [-0.05, 0) is 55.6 Å². The molecule has 0 saturated carbocycles. The minimum atomic E-state index is 0.0936. The van der Waals surface area contributed by atoms with Crippen molar-refractivity contribution < 1.29 is 4.79 Å². The van der Waals surface area contributed by atoms with Crippen molar-refractivity contribution in [2.24, 2.45) is 0 Å². The van der Waals surface area contributed by atoms with Crippen LogP contribution in [0.5, 0.6) is 0 Å². The van der Waals surface area contributed by atoms with E-state index in [2.05, 4.69) is 46.1 Å². The smallest absolute Gasteiger partial charge is 0.238 e. The van der Waals surface area contributed by atoms with E-state index in [1.807, 2.05) is 12.1 Å². The van der Waals surface area contributed by atoms with Gasteiger partial charge < -0.3 is 5.32 Å². The van der Waals surface area contributed by atoms with E-state index >= 15 is 0 Å². The van der Waals surface area contributed by atoms with Gasteiger partial charge in [0.25, 0.3) is 0 Å². The van der Waals surface area contributed by atoms with E-state index in [0.717, 1.165) is 23.2 Å². The number of benzene rings is 1. The van der Waals surface area contributed by atoms with Crippen molar-refractivity contribution in [3.63, 3.8) is 0 Å². The second-order valence-corrected chi connectivity index (χ2v) is 6.69. The minimum absolute atomic E-state index is 0.0936. The Labute approximate surface area is 129 Å². The van der Waals surface area contributed by atoms with E-state index in [1.165, 1.54) is 24.8 Å². The van der Waals surface area contributed by atoms with Crippen molar-refractivity contribution in [2.45, 2.75) is 39.0 Å². The fourth-order valence-electron chi connectivity index (χ4n) is 2.64. The van der Waals surface area contributed by atoms with E-state index in [1.54, 1.807) is 0 Å². The zero-order valence-corrected chi connectivity index (χ0v) is 13.9. The van der Waals surface area contributed by atoms with Gasteiger partial charge in [-0.15, -0.1) is 0 Å². The first-order valence-corrected chi connectivity index (χ1v) is 8.17. The van der Waals surface area contributed by atoms with Gasteiger partial charge in [0.15, 0.2) is 0 Å². The zero-order chi connectivity index (χ0) is 14.5. The summed E-state index contributed by atoms with van der Waals surface area (Å²) in [5.41, 5.74) is 2.11. The number of anilines is 1. The first-order valence-electron chi connectivity index (χ1n) is 7.38. The maximum absolute atomic E-state index is 12.2. The molecular weight excluding hydrogens is 316 g/mol. The summed E-state index contributed by atoms with van der Waals surface area (Å²) in [6, 6.07) is 6.04. The Hall–Kier alpha value is -0.870. The van der Waals surface area contributed by atoms with Gasteiger partial charge in [-0.2, -0.15) is 0 Å². The molecule has 1 aromatic rings. The lowest BCUT2D eigenvalue weighted by Gasteiger charge is -2.26. The van der Waals surface area contributed by atoms with Gasteiger partial charge in [-0.3, -0.25) is 9.69 Å². The average Bonchev–Trinajstić information content (AvgIpc) is 2.41. The fraction of sp³-hybridized carbons (Fsp3) is 0.562. The Morgan fingerprint density at radius 2 is 2.00 bits per heavy atom. The molecule has 0 aliphatic carbocycles. The molecule has 0 radical (unpaired) electrons. The van der Waals surface area contributed by atoms with Crippen molar-refractivity contribution in [2.75, 3.05) is 25.0 Å². The van der Waals surface area contributed by atoms with Crippen LogP contribution in [0.1, 0.15) is 44.6 Å². The molecule has 1 amide bonds. The molecule has 1 aromatic carbocycles. The van der Waals surface area contributed by atoms with E-state index in [9.17, 15) is 4.79 Å². The van der Waals surface area contributed by atoms with E-state index in [-0.39, 0.29) is 5.91 Å². The quantitative estimate of drug-likeness (QED) is 0.899. The standard InChI is InChI=1S/C16H23BrN2O/c1-12(2)14-10-13(17)6-7-15(14)18-16(20)11-19-8-4-3-5-9-19/h6-7,10,12H,3-5,8-9,11H2,1-2H3,(H,18,20). The molecule has 1 N–H and O–H groups in total. The molecule has 3 nitrogen and oxygen atoms in total. The highest BCUT2D eigenvalue weighted by Gasteiger charge is 2.15. The highest BCUT2D eigenvalue weighted by Crippen LogP contribution is 2.27. The average molecular weight is 339 g/mol. The number of hydrogen-bond donors (Lipinski definition) is 1. The molecule has 1 aliphatic heterocycles. The topological polar surface area (TPSA) is 32.3 Å². The van der Waals surface area contributed by atoms with Crippen LogP contribution < -0.4 is 5.32 Å². The van der Waals surface area contributed by atoms with Crippen LogP contribution in [0.2, 0.25) is 0 Å². The number of carbonyl (C=O) groups excluding carboxylic acids is 1. The maximum atomic E-state index is 12.2. The van der Waals surface area contributed by atoms with Crippen molar-refractivity contribution in [3.8, 4) is 0 Å². The lowest BCUT2D eigenvalue weighted by molar-refractivity contribution is -0.117. The predicted molar refractivity (Wildman–Crippen MR) is 87.2 cm³/mol. The molecule has 2 rings (SSSR count). The number of hydrogen-bond acceptors (Lipinski definition) is 2. The Morgan fingerprint density at radius 1 is 1.30 bits per heavy atom. The molecule has 0 aromatic heterocycles. The van der Waals surface area contributed by atoms with E-state index < -0.39 is 0 Å². The van der Waals surface area contributed by atoms with Crippen LogP contribution in [0, 0.1) is 0 Å². The Kier molecular flexibility index (Phi) is 5.61. The first kappa shape index (κ1) is 15.5. The lowest BCUT2D eigenvalue weighted by atomic mass is 10.0. The predicted octanol–water partition coefficient (Wildman–Crippen LogP) is 4.00. The number of likely N-dealkylation sites (tertiary alicyclic amines) is 1. The normalized spacial score (nSPS) is 16.4. The number of nitrogens with zero attached hydrogens (tertiary/aromatic N) is 1. The minimum Gasteiger partial charge on any atom is -0.325 e. The van der Waals surface area contributed by atoms with Gasteiger partial charge in [0.1, 0.15) is 0 Å². The summed E-state index contributed by atoms with van der Waals surface area (Å²) in [7, 11) is 0. The summed E-state index contributed by atoms with van der Waals surface area (Å²) in [6.07, 6.45) is 3.72. The summed E-state index contributed by atoms with van der Waals surface area (Å²) in [4.78, 5) is 14.4. The van der Waals surface area contributed by atoms with Gasteiger partial charge in [0, 0.05) is 10.2 Å². The number of piperidine rings is 1. The molecule has 1 fully saturated rings. The third-order valence-electron chi connectivity index (χ3n) is 3.73. The van der Waals surface area contributed by atoms with Crippen LogP contribution in [-0.2, 0) is 4.79 Å². The molecule has 1 saturated heterocycles. The third-order valence-corrected chi connectivity index (χ3v) is 4.22. The summed E-state index contributed by atoms with van der Waals surface area (Å²) in [6.45, 7) is 6.88. The molecule has 1 heterocycles. The molecular formula is C16H23BrN2O. The van der Waals surface area contributed by atoms with Gasteiger partial charge >= 0.3 is 0 Å². The highest BCUT2D eigenvalue weighted by molar-refractivity contribution is 9.10. The molecule has 0 spiro atoms. The van der Waals surface area contributed by atoms with Crippen LogP contribution in [-0.4, -0.2) is 30.4 Å². The van der Waals surface area contributed by atoms with Gasteiger partial charge in [-0.1, -0.05) is 36.2 Å². The van der Waals surface area contributed by atoms with Crippen LogP contribution in [0.3, 0.4) is 0 Å². The second-order valence-electron chi connectivity index (χ2n) is 5.77. The number of carbonyl (C=O) groups is 1. The summed E-state index contributed by atoms with van der Waals surface area (Å²) in [5, 5.41) is 3.06. The number of amides is 1. The van der Waals surface area contributed by atoms with Crippen LogP contribution >= 0.6 is 15.9 Å². The van der Waals surface area contributed by atoms with Crippen LogP contribution in [0.25, 0.3) is 0 Å². The van der Waals surface area contributed by atoms with Crippen molar-refractivity contribution >= 4 is 27.5 Å². The Bertz CT molecular complexity index is 468. The number of halogens is 1. The lowest BCUT2D eigenvalue weighted by Crippen LogP contribution is -2.37. The van der Waals surface area contributed by atoms with Gasteiger partial charge in [-0.25, -0.2) is 0 Å². The fourth-order valence-corrected chi connectivity index (χ4v) is 3.01. The monoisotopic (exact) mass is 338 g/mol. The molecule has 20 heavy (non-hydrogen) atoms. The Balaban J connectivity index is 2.00. The molecule has 0 unspecified atom stereocenters. The molecule has 0 atom stereocenters. The number of rotatable bonds is 4. The van der Waals surface area contributed by atoms with Crippen molar-refractivity contribution in [3.05, 3.63) is 28.2 Å². The van der Waals surface area contributed by atoms with Gasteiger partial charge in [0.05, 0.1) is 6.54 Å². The molecule has 4 heteroatoms. The maximum Gasteiger partial charge on any atom is 0.238 e. The van der Waals surface area contributed by atoms with Gasteiger partial charge in [0.2, 0.25) is 5.91 Å². The van der Waals surface area contributed by atoms with Crippen molar-refractivity contribution in [1.82, 2.24) is 4.90 Å². The number of nitrogens with one attached hydrogen (secondary N) is 1. The summed E-state index contributed by atoms with van der Waals surface area (Å²) >= 11 is 3.49. The molecule has 1 aliphatic rings. The second kappa shape index (κ2) is 7.23.